The quantitative estimate of drug-likeness (QED) is 0.637. The summed E-state index contributed by atoms with van der Waals surface area (Å²) in [4.78, 5) is 2.28. The lowest BCUT2D eigenvalue weighted by atomic mass is 9.87. The molecule has 0 aliphatic carbocycles. The molecule has 0 fully saturated rings. The molecule has 114 valence electrons. The second kappa shape index (κ2) is 9.08. The fourth-order valence-corrected chi connectivity index (χ4v) is 2.39. The Balaban J connectivity index is 2.59. The Hall–Kier alpha value is -0.940. The maximum atomic E-state index is 9.86. The molecule has 0 saturated heterocycles. The van der Waals surface area contributed by atoms with E-state index in [1.807, 2.05) is 25.2 Å². The molecule has 0 saturated carbocycles. The van der Waals surface area contributed by atoms with Crippen LogP contribution in [0, 0.1) is 0 Å². The highest BCUT2D eigenvalue weighted by molar-refractivity contribution is 5.24. The molecular weight excluding hydrogens is 252 g/mol. The normalized spacial score (nSPS) is 14.4. The first-order chi connectivity index (χ1) is 9.68. The third-order valence-corrected chi connectivity index (χ3v) is 3.88. The minimum absolute atomic E-state index is 0.0967. The SMILES string of the molecule is CNC(CO)(CCN(C)CCCOC)c1ccccc1. The summed E-state index contributed by atoms with van der Waals surface area (Å²) in [6.45, 7) is 2.83. The van der Waals surface area contributed by atoms with Gasteiger partial charge in [-0.25, -0.2) is 0 Å². The van der Waals surface area contributed by atoms with Crippen molar-refractivity contribution in [3.05, 3.63) is 35.9 Å². The molecule has 1 aromatic carbocycles. The van der Waals surface area contributed by atoms with Crippen LogP contribution in [-0.2, 0) is 10.3 Å². The zero-order valence-electron chi connectivity index (χ0n) is 12.9. The fourth-order valence-electron chi connectivity index (χ4n) is 2.39. The summed E-state index contributed by atoms with van der Waals surface area (Å²) < 4.78 is 5.07. The molecule has 0 radical (unpaired) electrons. The summed E-state index contributed by atoms with van der Waals surface area (Å²) in [5.74, 6) is 0. The summed E-state index contributed by atoms with van der Waals surface area (Å²) in [7, 11) is 5.75. The highest BCUT2D eigenvalue weighted by Crippen LogP contribution is 2.24. The first kappa shape index (κ1) is 17.1. The van der Waals surface area contributed by atoms with Crippen molar-refractivity contribution in [1.29, 1.82) is 0 Å². The summed E-state index contributed by atoms with van der Waals surface area (Å²) >= 11 is 0. The van der Waals surface area contributed by atoms with E-state index >= 15 is 0 Å². The molecule has 0 heterocycles. The molecule has 4 nitrogen and oxygen atoms in total. The van der Waals surface area contributed by atoms with E-state index in [4.69, 9.17) is 4.74 Å². The van der Waals surface area contributed by atoms with Crippen LogP contribution in [0.15, 0.2) is 30.3 Å². The standard InChI is InChI=1S/C16H28N2O2/c1-17-16(14-19,15-8-5-4-6-9-15)10-12-18(2)11-7-13-20-3/h4-6,8-9,17,19H,7,10-14H2,1-3H3. The number of aliphatic hydroxyl groups excluding tert-OH is 1. The Kier molecular flexibility index (Phi) is 7.77. The van der Waals surface area contributed by atoms with Crippen LogP contribution in [0.3, 0.4) is 0 Å². The van der Waals surface area contributed by atoms with E-state index in [0.717, 1.165) is 38.1 Å². The number of hydrogen-bond acceptors (Lipinski definition) is 4. The zero-order valence-corrected chi connectivity index (χ0v) is 12.9. The van der Waals surface area contributed by atoms with Gasteiger partial charge in [0, 0.05) is 26.8 Å². The van der Waals surface area contributed by atoms with Gasteiger partial charge < -0.3 is 20.1 Å². The molecule has 1 aromatic rings. The van der Waals surface area contributed by atoms with Crippen LogP contribution in [0.1, 0.15) is 18.4 Å². The van der Waals surface area contributed by atoms with Crippen molar-refractivity contribution in [3.8, 4) is 0 Å². The lowest BCUT2D eigenvalue weighted by Gasteiger charge is -2.34. The largest absolute Gasteiger partial charge is 0.394 e. The van der Waals surface area contributed by atoms with Gasteiger partial charge in [-0.2, -0.15) is 0 Å². The molecule has 1 rings (SSSR count). The van der Waals surface area contributed by atoms with E-state index in [0.29, 0.717) is 0 Å². The summed E-state index contributed by atoms with van der Waals surface area (Å²) in [6.07, 6.45) is 1.90. The third kappa shape index (κ3) is 4.87. The Morgan fingerprint density at radius 1 is 1.25 bits per heavy atom. The van der Waals surface area contributed by atoms with E-state index in [1.54, 1.807) is 7.11 Å². The van der Waals surface area contributed by atoms with Crippen molar-refractivity contribution in [2.24, 2.45) is 0 Å². The molecule has 20 heavy (non-hydrogen) atoms. The maximum Gasteiger partial charge on any atom is 0.0678 e. The molecule has 0 amide bonds. The van der Waals surface area contributed by atoms with Crippen molar-refractivity contribution in [1.82, 2.24) is 10.2 Å². The van der Waals surface area contributed by atoms with E-state index in [2.05, 4.69) is 29.4 Å². The van der Waals surface area contributed by atoms with E-state index in [9.17, 15) is 5.11 Å². The van der Waals surface area contributed by atoms with Gasteiger partial charge in [-0.1, -0.05) is 30.3 Å². The maximum absolute atomic E-state index is 9.86. The van der Waals surface area contributed by atoms with E-state index in [-0.39, 0.29) is 12.1 Å². The summed E-state index contributed by atoms with van der Waals surface area (Å²) in [5.41, 5.74) is 0.770. The lowest BCUT2D eigenvalue weighted by molar-refractivity contribution is 0.138. The van der Waals surface area contributed by atoms with Gasteiger partial charge in [0.15, 0.2) is 0 Å². The number of nitrogens with zero attached hydrogens (tertiary/aromatic N) is 1. The van der Waals surface area contributed by atoms with Gasteiger partial charge in [0.1, 0.15) is 0 Å². The Morgan fingerprint density at radius 2 is 1.95 bits per heavy atom. The number of nitrogens with one attached hydrogen (secondary N) is 1. The zero-order chi connectivity index (χ0) is 14.8. The molecule has 4 heteroatoms. The molecular formula is C16H28N2O2. The van der Waals surface area contributed by atoms with Gasteiger partial charge in [-0.15, -0.1) is 0 Å². The van der Waals surface area contributed by atoms with Crippen LogP contribution in [-0.4, -0.2) is 57.5 Å². The van der Waals surface area contributed by atoms with Crippen molar-refractivity contribution in [2.75, 3.05) is 47.5 Å². The molecule has 0 aliphatic rings. The van der Waals surface area contributed by atoms with Crippen LogP contribution in [0.2, 0.25) is 0 Å². The predicted molar refractivity (Wildman–Crippen MR) is 82.9 cm³/mol. The Morgan fingerprint density at radius 3 is 2.50 bits per heavy atom. The van der Waals surface area contributed by atoms with Crippen molar-refractivity contribution >= 4 is 0 Å². The van der Waals surface area contributed by atoms with Crippen LogP contribution in [0.25, 0.3) is 0 Å². The van der Waals surface area contributed by atoms with Gasteiger partial charge >= 0.3 is 0 Å². The van der Waals surface area contributed by atoms with Gasteiger partial charge in [0.25, 0.3) is 0 Å². The van der Waals surface area contributed by atoms with Crippen LogP contribution in [0.5, 0.6) is 0 Å². The van der Waals surface area contributed by atoms with Crippen LogP contribution < -0.4 is 5.32 Å². The number of aliphatic hydroxyl groups is 1. The monoisotopic (exact) mass is 280 g/mol. The molecule has 0 bridgehead atoms. The minimum atomic E-state index is -0.364. The Labute approximate surface area is 122 Å². The minimum Gasteiger partial charge on any atom is -0.394 e. The number of benzene rings is 1. The smallest absolute Gasteiger partial charge is 0.0678 e. The summed E-state index contributed by atoms with van der Waals surface area (Å²) in [5, 5.41) is 13.2. The number of ether oxygens (including phenoxy) is 1. The van der Waals surface area contributed by atoms with Crippen molar-refractivity contribution in [2.45, 2.75) is 18.4 Å². The van der Waals surface area contributed by atoms with Gasteiger partial charge in [0.2, 0.25) is 0 Å². The van der Waals surface area contributed by atoms with Crippen molar-refractivity contribution in [3.63, 3.8) is 0 Å². The van der Waals surface area contributed by atoms with Crippen LogP contribution in [0.4, 0.5) is 0 Å². The van der Waals surface area contributed by atoms with Gasteiger partial charge in [-0.3, -0.25) is 0 Å². The second-order valence-electron chi connectivity index (χ2n) is 5.26. The molecule has 1 atom stereocenters. The average Bonchev–Trinajstić information content (AvgIpc) is 2.50. The predicted octanol–water partition coefficient (Wildman–Crippen LogP) is 1.45. The van der Waals surface area contributed by atoms with Gasteiger partial charge in [0.05, 0.1) is 12.1 Å². The van der Waals surface area contributed by atoms with E-state index in [1.165, 1.54) is 0 Å². The number of hydrogen-bond donors (Lipinski definition) is 2. The fraction of sp³-hybridized carbons (Fsp3) is 0.625. The van der Waals surface area contributed by atoms with E-state index < -0.39 is 0 Å². The number of rotatable bonds is 10. The molecule has 2 N–H and O–H groups in total. The topological polar surface area (TPSA) is 44.7 Å². The molecule has 0 aromatic heterocycles. The van der Waals surface area contributed by atoms with Crippen LogP contribution >= 0.6 is 0 Å². The first-order valence-electron chi connectivity index (χ1n) is 7.21. The van der Waals surface area contributed by atoms with Crippen molar-refractivity contribution < 1.29 is 9.84 Å². The average molecular weight is 280 g/mol. The molecule has 0 spiro atoms. The molecule has 0 aliphatic heterocycles. The first-order valence-corrected chi connectivity index (χ1v) is 7.21. The lowest BCUT2D eigenvalue weighted by Crippen LogP contribution is -2.45. The number of likely N-dealkylation sites (N-methyl/N-ethyl adjacent to an activating group) is 1. The highest BCUT2D eigenvalue weighted by atomic mass is 16.5. The highest BCUT2D eigenvalue weighted by Gasteiger charge is 2.29. The van der Waals surface area contributed by atoms with Gasteiger partial charge in [-0.05, 0) is 32.5 Å². The Bertz CT molecular complexity index is 353. The third-order valence-electron chi connectivity index (χ3n) is 3.88. The second-order valence-corrected chi connectivity index (χ2v) is 5.26. The molecule has 1 unspecified atom stereocenters. The number of methoxy groups -OCH3 is 1. The summed E-state index contributed by atoms with van der Waals surface area (Å²) in [6, 6.07) is 10.2.